The zero-order chi connectivity index (χ0) is 22.9. The molecule has 1 aliphatic carbocycles. The van der Waals surface area contributed by atoms with Crippen LogP contribution in [0.5, 0.6) is 0 Å². The fraction of sp³-hybridized carbons (Fsp3) is 0.379. The molecule has 0 aliphatic heterocycles. The van der Waals surface area contributed by atoms with Gasteiger partial charge in [0, 0.05) is 0 Å². The van der Waals surface area contributed by atoms with Gasteiger partial charge >= 0.3 is 0 Å². The molecule has 0 aromatic heterocycles. The third-order valence-electron chi connectivity index (χ3n) is 3.37. The minimum absolute atomic E-state index is 1.10. The van der Waals surface area contributed by atoms with Gasteiger partial charge in [-0.15, -0.1) is 0 Å². The molecular weight excluding hydrogens is 348 g/mol. The van der Waals surface area contributed by atoms with E-state index in [-0.39, 0.29) is 0 Å². The molecule has 0 heterocycles. The third kappa shape index (κ3) is 12.7. The molecule has 0 unspecified atom stereocenters. The average Bonchev–Trinajstić information content (AvgIpc) is 3.26. The zero-order valence-corrected chi connectivity index (χ0v) is 20.8. The van der Waals surface area contributed by atoms with E-state index in [4.69, 9.17) is 0 Å². The van der Waals surface area contributed by atoms with Crippen LogP contribution in [-0.2, 0) is 6.42 Å². The first-order valence-corrected chi connectivity index (χ1v) is 11.6. The van der Waals surface area contributed by atoms with Gasteiger partial charge in [0.25, 0.3) is 0 Å². The lowest BCUT2D eigenvalue weighted by Crippen LogP contribution is -1.77. The topological polar surface area (TPSA) is 0 Å². The van der Waals surface area contributed by atoms with Gasteiger partial charge in [-0.1, -0.05) is 154 Å². The van der Waals surface area contributed by atoms with Crippen molar-refractivity contribution in [3.8, 4) is 11.1 Å². The van der Waals surface area contributed by atoms with Crippen molar-refractivity contribution in [3.05, 3.63) is 96.1 Å². The summed E-state index contributed by atoms with van der Waals surface area (Å²) < 4.78 is 0. The molecule has 0 amide bonds. The zero-order valence-electron chi connectivity index (χ0n) is 20.8. The first-order valence-electron chi connectivity index (χ1n) is 11.6. The molecule has 0 saturated heterocycles. The van der Waals surface area contributed by atoms with Crippen LogP contribution in [0.4, 0.5) is 0 Å². The van der Waals surface area contributed by atoms with Crippen molar-refractivity contribution in [1.29, 1.82) is 0 Å². The Hall–Kier alpha value is -2.34. The molecule has 0 saturated carbocycles. The standard InChI is InChI=1S/C13H10.C6H6.5C2H6/c1-3-7-12-10(5-1)9-11-6-2-4-8-13(11)12;1-2-4-6-5-3-1;5*1-2/h1-8H,9H2;1-6H;5*1-2H3. The lowest BCUT2D eigenvalue weighted by atomic mass is 10.1. The summed E-state index contributed by atoms with van der Waals surface area (Å²) in [6, 6.07) is 29.3. The van der Waals surface area contributed by atoms with Crippen LogP contribution in [0.25, 0.3) is 11.1 Å². The van der Waals surface area contributed by atoms with Crippen molar-refractivity contribution in [3.63, 3.8) is 0 Å². The van der Waals surface area contributed by atoms with Gasteiger partial charge in [-0.3, -0.25) is 0 Å². The normalized spacial score (nSPS) is 8.21. The van der Waals surface area contributed by atoms with Crippen LogP contribution in [0, 0.1) is 0 Å². The van der Waals surface area contributed by atoms with Crippen molar-refractivity contribution in [1.82, 2.24) is 0 Å². The van der Waals surface area contributed by atoms with E-state index in [2.05, 4.69) is 48.5 Å². The average molecular weight is 395 g/mol. The van der Waals surface area contributed by atoms with E-state index < -0.39 is 0 Å². The van der Waals surface area contributed by atoms with Gasteiger partial charge in [0.2, 0.25) is 0 Å². The molecule has 3 aromatic carbocycles. The summed E-state index contributed by atoms with van der Waals surface area (Å²) in [6.45, 7) is 20.0. The SMILES string of the molecule is CC.CC.CC.CC.CC.c1ccc2c(c1)Cc1ccccc1-2.c1ccccc1. The molecule has 0 bridgehead atoms. The lowest BCUT2D eigenvalue weighted by molar-refractivity contribution is 1.26. The van der Waals surface area contributed by atoms with Crippen LogP contribution in [0.3, 0.4) is 0 Å². The minimum atomic E-state index is 1.10. The molecule has 0 N–H and O–H groups in total. The minimum Gasteiger partial charge on any atom is -0.0683 e. The Balaban J connectivity index is -0.000000360. The van der Waals surface area contributed by atoms with Crippen LogP contribution in [0.15, 0.2) is 84.9 Å². The summed E-state index contributed by atoms with van der Waals surface area (Å²) in [7, 11) is 0. The molecular formula is C29H46. The number of fused-ring (bicyclic) bond motifs is 3. The molecule has 0 radical (unpaired) electrons. The molecule has 1 aliphatic rings. The van der Waals surface area contributed by atoms with Crippen LogP contribution in [-0.4, -0.2) is 0 Å². The summed E-state index contributed by atoms with van der Waals surface area (Å²) in [5, 5.41) is 0. The predicted octanol–water partition coefficient (Wildman–Crippen LogP) is 10.1. The first kappa shape index (κ1) is 31.4. The summed E-state index contributed by atoms with van der Waals surface area (Å²) in [6.07, 6.45) is 1.10. The Labute approximate surface area is 183 Å². The van der Waals surface area contributed by atoms with Gasteiger partial charge in [0.1, 0.15) is 0 Å². The maximum Gasteiger partial charge on any atom is -0.00135 e. The Morgan fingerprint density at radius 1 is 0.345 bits per heavy atom. The summed E-state index contributed by atoms with van der Waals surface area (Å²) in [4.78, 5) is 0. The monoisotopic (exact) mass is 394 g/mol. The largest absolute Gasteiger partial charge is 0.0683 e. The highest BCUT2D eigenvalue weighted by molar-refractivity contribution is 5.76. The van der Waals surface area contributed by atoms with Gasteiger partial charge in [-0.2, -0.15) is 0 Å². The van der Waals surface area contributed by atoms with E-state index in [1.54, 1.807) is 0 Å². The Bertz CT molecular complexity index is 583. The highest BCUT2D eigenvalue weighted by Gasteiger charge is 2.15. The van der Waals surface area contributed by atoms with E-state index in [1.165, 1.54) is 22.3 Å². The van der Waals surface area contributed by atoms with Gasteiger partial charge < -0.3 is 0 Å². The molecule has 29 heavy (non-hydrogen) atoms. The van der Waals surface area contributed by atoms with E-state index in [1.807, 2.05) is 106 Å². The molecule has 162 valence electrons. The van der Waals surface area contributed by atoms with Crippen LogP contribution in [0.1, 0.15) is 80.4 Å². The maximum absolute atomic E-state index is 2.22. The molecule has 0 heteroatoms. The van der Waals surface area contributed by atoms with Gasteiger partial charge in [-0.25, -0.2) is 0 Å². The highest BCUT2D eigenvalue weighted by atomic mass is 14.2. The molecule has 3 aromatic rings. The molecule has 0 fully saturated rings. The van der Waals surface area contributed by atoms with Crippen molar-refractivity contribution in [2.75, 3.05) is 0 Å². The van der Waals surface area contributed by atoms with Gasteiger partial charge in [0.05, 0.1) is 0 Å². The van der Waals surface area contributed by atoms with Crippen LogP contribution in [0.2, 0.25) is 0 Å². The Morgan fingerprint density at radius 3 is 0.862 bits per heavy atom. The van der Waals surface area contributed by atoms with Crippen molar-refractivity contribution < 1.29 is 0 Å². The summed E-state index contributed by atoms with van der Waals surface area (Å²) >= 11 is 0. The van der Waals surface area contributed by atoms with Gasteiger partial charge in [0.15, 0.2) is 0 Å². The fourth-order valence-electron chi connectivity index (χ4n) is 2.46. The van der Waals surface area contributed by atoms with Crippen LogP contribution < -0.4 is 0 Å². The van der Waals surface area contributed by atoms with Crippen molar-refractivity contribution >= 4 is 0 Å². The second kappa shape index (κ2) is 25.7. The number of hydrogen-bond acceptors (Lipinski definition) is 0. The third-order valence-corrected chi connectivity index (χ3v) is 3.37. The van der Waals surface area contributed by atoms with Crippen molar-refractivity contribution in [2.45, 2.75) is 75.7 Å². The Morgan fingerprint density at radius 2 is 0.586 bits per heavy atom. The second-order valence-corrected chi connectivity index (χ2v) is 4.65. The summed E-state index contributed by atoms with van der Waals surface area (Å²) in [5.74, 6) is 0. The van der Waals surface area contributed by atoms with E-state index in [0.717, 1.165) is 6.42 Å². The smallest absolute Gasteiger partial charge is 0.00135 e. The van der Waals surface area contributed by atoms with E-state index >= 15 is 0 Å². The molecule has 0 spiro atoms. The van der Waals surface area contributed by atoms with E-state index in [0.29, 0.717) is 0 Å². The fourth-order valence-corrected chi connectivity index (χ4v) is 2.46. The Kier molecular flexibility index (Phi) is 27.7. The highest BCUT2D eigenvalue weighted by Crippen LogP contribution is 2.35. The quantitative estimate of drug-likeness (QED) is 0.278. The van der Waals surface area contributed by atoms with Crippen molar-refractivity contribution in [2.24, 2.45) is 0 Å². The molecule has 0 nitrogen and oxygen atoms in total. The maximum atomic E-state index is 2.22. The van der Waals surface area contributed by atoms with Crippen LogP contribution >= 0.6 is 0 Å². The lowest BCUT2D eigenvalue weighted by Gasteiger charge is -1.98. The molecule has 0 atom stereocenters. The second-order valence-electron chi connectivity index (χ2n) is 4.65. The first-order chi connectivity index (χ1) is 14.4. The van der Waals surface area contributed by atoms with E-state index in [9.17, 15) is 0 Å². The molecule has 4 rings (SSSR count). The predicted molar refractivity (Wildman–Crippen MR) is 138 cm³/mol. The number of hydrogen-bond donors (Lipinski definition) is 0. The number of rotatable bonds is 0. The summed E-state index contributed by atoms with van der Waals surface area (Å²) in [5.41, 5.74) is 5.75. The number of benzene rings is 3. The van der Waals surface area contributed by atoms with Gasteiger partial charge in [-0.05, 0) is 28.7 Å².